The van der Waals surface area contributed by atoms with Gasteiger partial charge in [-0.25, -0.2) is 9.48 Å². The van der Waals surface area contributed by atoms with Gasteiger partial charge in [-0.1, -0.05) is 17.7 Å². The minimum atomic E-state index is -1.39. The van der Waals surface area contributed by atoms with Crippen LogP contribution < -0.4 is 10.2 Å². The maximum atomic E-state index is 12.3. The van der Waals surface area contributed by atoms with Crippen LogP contribution in [0.15, 0.2) is 47.3 Å². The lowest BCUT2D eigenvalue weighted by atomic mass is 10.1. The molecule has 1 N–H and O–H groups in total. The number of rotatable bonds is 3. The van der Waals surface area contributed by atoms with Crippen LogP contribution in [0, 0.1) is 0 Å². The maximum absolute atomic E-state index is 12.3. The van der Waals surface area contributed by atoms with Gasteiger partial charge in [-0.05, 0) is 36.4 Å². The van der Waals surface area contributed by atoms with E-state index in [-0.39, 0.29) is 5.39 Å². The second kappa shape index (κ2) is 5.73. The number of hydrogen-bond acceptors (Lipinski definition) is 4. The first-order valence-electron chi connectivity index (χ1n) is 6.62. The van der Waals surface area contributed by atoms with E-state index in [1.807, 2.05) is 0 Å². The van der Waals surface area contributed by atoms with Crippen LogP contribution in [0.1, 0.15) is 10.5 Å². The van der Waals surface area contributed by atoms with Gasteiger partial charge in [0.15, 0.2) is 0 Å². The van der Waals surface area contributed by atoms with Crippen molar-refractivity contribution in [3.05, 3.63) is 63.4 Å². The van der Waals surface area contributed by atoms with Gasteiger partial charge in [0.25, 0.3) is 0 Å². The van der Waals surface area contributed by atoms with E-state index >= 15 is 0 Å². The van der Waals surface area contributed by atoms with Crippen molar-refractivity contribution in [3.8, 4) is 11.4 Å². The fourth-order valence-electron chi connectivity index (χ4n) is 2.32. The molecule has 0 aliphatic rings. The number of hydrogen-bond donors (Lipinski definition) is 1. The zero-order chi connectivity index (χ0) is 16.6. The zero-order valence-electron chi connectivity index (χ0n) is 12.0. The van der Waals surface area contributed by atoms with E-state index in [2.05, 4.69) is 5.10 Å². The van der Waals surface area contributed by atoms with E-state index < -0.39 is 17.1 Å². The summed E-state index contributed by atoms with van der Waals surface area (Å²) in [7, 11) is 1.47. The highest BCUT2D eigenvalue weighted by molar-refractivity contribution is 6.30. The highest BCUT2D eigenvalue weighted by atomic mass is 35.5. The fourth-order valence-corrected chi connectivity index (χ4v) is 2.45. The number of nitrogens with zero attached hydrogens (tertiary/aromatic N) is 2. The van der Waals surface area contributed by atoms with Crippen LogP contribution in [0.5, 0.6) is 5.75 Å². The quantitative estimate of drug-likeness (QED) is 0.798. The van der Waals surface area contributed by atoms with Gasteiger partial charge in [0.2, 0.25) is 11.1 Å². The molecular formula is C16H11ClN2O4. The summed E-state index contributed by atoms with van der Waals surface area (Å²) in [6.45, 7) is 0. The van der Waals surface area contributed by atoms with Crippen LogP contribution in [0.2, 0.25) is 5.02 Å². The second-order valence-corrected chi connectivity index (χ2v) is 5.16. The van der Waals surface area contributed by atoms with E-state index in [0.717, 1.165) is 0 Å². The van der Waals surface area contributed by atoms with Crippen molar-refractivity contribution < 1.29 is 14.6 Å². The largest absolute Gasteiger partial charge is 0.494 e. The highest BCUT2D eigenvalue weighted by Gasteiger charge is 2.19. The molecule has 0 bridgehead atoms. The van der Waals surface area contributed by atoms with Crippen molar-refractivity contribution in [1.29, 1.82) is 0 Å². The Morgan fingerprint density at radius 3 is 2.52 bits per heavy atom. The molecule has 116 valence electrons. The molecule has 0 spiro atoms. The Labute approximate surface area is 135 Å². The van der Waals surface area contributed by atoms with Crippen molar-refractivity contribution in [2.45, 2.75) is 0 Å². The molecule has 0 aliphatic heterocycles. The van der Waals surface area contributed by atoms with Gasteiger partial charge in [0.05, 0.1) is 18.2 Å². The SMILES string of the molecule is COc1cccc2c(=O)c(C(=O)O)nn(-c3ccc(Cl)cc3)c12. The number of benzene rings is 2. The Bertz CT molecular complexity index is 964. The summed E-state index contributed by atoms with van der Waals surface area (Å²) in [5.41, 5.74) is -0.254. The monoisotopic (exact) mass is 330 g/mol. The Morgan fingerprint density at radius 1 is 1.22 bits per heavy atom. The third-order valence-electron chi connectivity index (χ3n) is 3.36. The van der Waals surface area contributed by atoms with Crippen LogP contribution >= 0.6 is 11.6 Å². The number of ether oxygens (including phenoxy) is 1. The molecular weight excluding hydrogens is 320 g/mol. The first-order valence-corrected chi connectivity index (χ1v) is 7.00. The van der Waals surface area contributed by atoms with Crippen LogP contribution in [-0.4, -0.2) is 28.0 Å². The maximum Gasteiger partial charge on any atom is 0.360 e. The second-order valence-electron chi connectivity index (χ2n) is 4.73. The molecule has 0 unspecified atom stereocenters. The molecule has 0 atom stereocenters. The van der Waals surface area contributed by atoms with Crippen LogP contribution in [-0.2, 0) is 0 Å². The predicted octanol–water partition coefficient (Wildman–Crippen LogP) is 2.75. The first kappa shape index (κ1) is 15.1. The lowest BCUT2D eigenvalue weighted by Crippen LogP contribution is -2.22. The average Bonchev–Trinajstić information content (AvgIpc) is 2.55. The van der Waals surface area contributed by atoms with Gasteiger partial charge in [-0.15, -0.1) is 0 Å². The third kappa shape index (κ3) is 2.53. The minimum Gasteiger partial charge on any atom is -0.494 e. The summed E-state index contributed by atoms with van der Waals surface area (Å²) in [5, 5.41) is 14.0. The first-order chi connectivity index (χ1) is 11.0. The van der Waals surface area contributed by atoms with Gasteiger partial charge in [0, 0.05) is 5.02 Å². The smallest absolute Gasteiger partial charge is 0.360 e. The number of aromatic carboxylic acids is 1. The summed E-state index contributed by atoms with van der Waals surface area (Å²) >= 11 is 5.88. The highest BCUT2D eigenvalue weighted by Crippen LogP contribution is 2.26. The number of methoxy groups -OCH3 is 1. The molecule has 6 nitrogen and oxygen atoms in total. The number of aromatic nitrogens is 2. The van der Waals surface area contributed by atoms with Gasteiger partial charge in [0.1, 0.15) is 11.3 Å². The Morgan fingerprint density at radius 2 is 1.91 bits per heavy atom. The van der Waals surface area contributed by atoms with E-state index in [9.17, 15) is 14.7 Å². The van der Waals surface area contributed by atoms with Crippen molar-refractivity contribution in [3.63, 3.8) is 0 Å². The Kier molecular flexibility index (Phi) is 3.75. The molecule has 0 fully saturated rings. The number of halogens is 1. The summed E-state index contributed by atoms with van der Waals surface area (Å²) < 4.78 is 6.67. The van der Waals surface area contributed by atoms with E-state index in [0.29, 0.717) is 22.0 Å². The number of fused-ring (bicyclic) bond motifs is 1. The molecule has 2 aromatic carbocycles. The van der Waals surface area contributed by atoms with Crippen molar-refractivity contribution in [1.82, 2.24) is 9.78 Å². The predicted molar refractivity (Wildman–Crippen MR) is 85.9 cm³/mol. The normalized spacial score (nSPS) is 10.7. The third-order valence-corrected chi connectivity index (χ3v) is 3.62. The van der Waals surface area contributed by atoms with Gasteiger partial charge >= 0.3 is 5.97 Å². The summed E-state index contributed by atoms with van der Waals surface area (Å²) in [4.78, 5) is 23.7. The summed E-state index contributed by atoms with van der Waals surface area (Å²) in [5.74, 6) is -0.971. The van der Waals surface area contributed by atoms with E-state index in [1.54, 1.807) is 42.5 Å². The summed E-state index contributed by atoms with van der Waals surface area (Å²) in [6.07, 6.45) is 0. The van der Waals surface area contributed by atoms with Gasteiger partial charge in [-0.2, -0.15) is 5.10 Å². The Balaban J connectivity index is 2.48. The molecule has 1 aromatic heterocycles. The van der Waals surface area contributed by atoms with E-state index in [1.165, 1.54) is 11.8 Å². The van der Waals surface area contributed by atoms with E-state index in [4.69, 9.17) is 16.3 Å². The average molecular weight is 331 g/mol. The molecule has 3 rings (SSSR count). The number of carboxylic acids is 1. The van der Waals surface area contributed by atoms with Crippen LogP contribution in [0.4, 0.5) is 0 Å². The van der Waals surface area contributed by atoms with Crippen molar-refractivity contribution in [2.75, 3.05) is 7.11 Å². The van der Waals surface area contributed by atoms with Gasteiger partial charge in [-0.3, -0.25) is 4.79 Å². The lowest BCUT2D eigenvalue weighted by Gasteiger charge is -2.13. The number of carboxylic acid groups (broad SMARTS) is 1. The molecule has 7 heteroatoms. The Hall–Kier alpha value is -2.86. The van der Waals surface area contributed by atoms with Crippen LogP contribution in [0.3, 0.4) is 0 Å². The molecule has 0 radical (unpaired) electrons. The molecule has 0 amide bonds. The number of para-hydroxylation sites is 1. The van der Waals surface area contributed by atoms with Gasteiger partial charge < -0.3 is 9.84 Å². The zero-order valence-corrected chi connectivity index (χ0v) is 12.7. The fraction of sp³-hybridized carbons (Fsp3) is 0.0625. The molecule has 0 saturated carbocycles. The molecule has 3 aromatic rings. The molecule has 0 aliphatic carbocycles. The molecule has 0 saturated heterocycles. The minimum absolute atomic E-state index is 0.215. The van der Waals surface area contributed by atoms with Crippen LogP contribution in [0.25, 0.3) is 16.6 Å². The lowest BCUT2D eigenvalue weighted by molar-refractivity contribution is 0.0687. The molecule has 23 heavy (non-hydrogen) atoms. The molecule has 1 heterocycles. The van der Waals surface area contributed by atoms with Crippen molar-refractivity contribution in [2.24, 2.45) is 0 Å². The summed E-state index contributed by atoms with van der Waals surface area (Å²) in [6, 6.07) is 11.5. The number of carbonyl (C=O) groups is 1. The van der Waals surface area contributed by atoms with Crippen molar-refractivity contribution >= 4 is 28.5 Å². The standard InChI is InChI=1S/C16H11ClN2O4/c1-23-12-4-2-3-11-14(12)19(10-7-5-9(17)6-8-10)18-13(15(11)20)16(21)22/h2-8H,1H3,(H,21,22). The topological polar surface area (TPSA) is 81.4 Å².